The zero-order valence-electron chi connectivity index (χ0n) is 29.2. The Kier molecular flexibility index (Phi) is 12.4. The molecule has 2 amide bonds. The molecule has 5 N–H and O–H groups in total. The molecule has 0 unspecified atom stereocenters. The maximum absolute atomic E-state index is 13.4. The number of carbonyl (C=O) groups is 4. The number of amides is 2. The number of benzene rings is 2. The SMILES string of the molecule is CN(C)C(=N)N(C)C.C[C@@H](O)[C@H]1C(=O)N2C(C(=O)OCc3ccc([N+](=O)[O-])cc3)=C(S[C@@H]3CN[C@H](C(=O)Nc4cccc(C(=O)O)c4)C3)[C@H](C)[C@H]12. The fourth-order valence-electron chi connectivity index (χ4n) is 6.13. The van der Waals surface area contributed by atoms with E-state index in [1.165, 1.54) is 53.1 Å². The predicted molar refractivity (Wildman–Crippen MR) is 190 cm³/mol. The van der Waals surface area contributed by atoms with Crippen LogP contribution in [0.15, 0.2) is 59.1 Å². The van der Waals surface area contributed by atoms with E-state index in [2.05, 4.69) is 10.6 Å². The van der Waals surface area contributed by atoms with E-state index in [1.807, 2.05) is 35.1 Å². The molecule has 3 aliphatic rings. The van der Waals surface area contributed by atoms with Crippen molar-refractivity contribution in [3.63, 3.8) is 0 Å². The van der Waals surface area contributed by atoms with Gasteiger partial charge in [-0.1, -0.05) is 13.0 Å². The molecular weight excluding hydrogens is 682 g/mol. The molecule has 3 heterocycles. The molecule has 16 nitrogen and oxygen atoms in total. The van der Waals surface area contributed by atoms with Crippen LogP contribution in [0.4, 0.5) is 11.4 Å². The molecule has 17 heteroatoms. The minimum atomic E-state index is -1.10. The molecule has 0 radical (unpaired) electrons. The normalized spacial score (nSPS) is 22.5. The van der Waals surface area contributed by atoms with Gasteiger partial charge in [0, 0.05) is 68.6 Å². The summed E-state index contributed by atoms with van der Waals surface area (Å²) >= 11 is 1.39. The first-order chi connectivity index (χ1) is 24.0. The summed E-state index contributed by atoms with van der Waals surface area (Å²) in [5.41, 5.74) is 0.973. The van der Waals surface area contributed by atoms with Crippen molar-refractivity contribution in [2.45, 2.75) is 50.3 Å². The third-order valence-electron chi connectivity index (χ3n) is 8.74. The van der Waals surface area contributed by atoms with Gasteiger partial charge in [0.1, 0.15) is 12.3 Å². The average Bonchev–Trinajstić information content (AvgIpc) is 3.64. The highest BCUT2D eigenvalue weighted by atomic mass is 32.2. The van der Waals surface area contributed by atoms with E-state index in [9.17, 15) is 39.5 Å². The Balaban J connectivity index is 0.000000652. The average molecular weight is 726 g/mol. The van der Waals surface area contributed by atoms with Crippen LogP contribution in [0.3, 0.4) is 0 Å². The number of non-ortho nitro benzene ring substituents is 1. The van der Waals surface area contributed by atoms with Gasteiger partial charge in [-0.3, -0.25) is 25.1 Å². The van der Waals surface area contributed by atoms with Gasteiger partial charge in [0.2, 0.25) is 11.8 Å². The number of guanidine groups is 1. The highest BCUT2D eigenvalue weighted by Gasteiger charge is 2.60. The van der Waals surface area contributed by atoms with Crippen LogP contribution in [0.1, 0.15) is 36.2 Å². The first kappa shape index (κ1) is 38.8. The number of thioether (sulfide) groups is 1. The number of β-lactam (4-membered cyclic amide) rings is 1. The minimum absolute atomic E-state index is 0.0513. The summed E-state index contributed by atoms with van der Waals surface area (Å²) in [6.07, 6.45) is -0.492. The monoisotopic (exact) mass is 725 g/mol. The van der Waals surface area contributed by atoms with E-state index in [1.54, 1.807) is 28.9 Å². The van der Waals surface area contributed by atoms with E-state index in [0.29, 0.717) is 35.1 Å². The lowest BCUT2D eigenvalue weighted by molar-refractivity contribution is -0.384. The first-order valence-corrected chi connectivity index (χ1v) is 17.0. The van der Waals surface area contributed by atoms with Crippen LogP contribution in [0.5, 0.6) is 0 Å². The van der Waals surface area contributed by atoms with Crippen molar-refractivity contribution in [3.05, 3.63) is 80.4 Å². The van der Waals surface area contributed by atoms with Gasteiger partial charge in [-0.25, -0.2) is 9.59 Å². The molecule has 274 valence electrons. The van der Waals surface area contributed by atoms with E-state index >= 15 is 0 Å². The Labute approximate surface area is 299 Å². The molecule has 0 aliphatic carbocycles. The van der Waals surface area contributed by atoms with Gasteiger partial charge in [-0.2, -0.15) is 0 Å². The maximum atomic E-state index is 13.4. The maximum Gasteiger partial charge on any atom is 0.356 e. The van der Waals surface area contributed by atoms with Crippen LogP contribution in [-0.2, 0) is 25.7 Å². The zero-order chi connectivity index (χ0) is 37.7. The number of carboxylic acid groups (broad SMARTS) is 1. The lowest BCUT2D eigenvalue weighted by Crippen LogP contribution is -2.63. The topological polar surface area (TPSA) is 219 Å². The summed E-state index contributed by atoms with van der Waals surface area (Å²) in [7, 11) is 7.40. The van der Waals surface area contributed by atoms with Crippen molar-refractivity contribution < 1.29 is 39.1 Å². The van der Waals surface area contributed by atoms with Gasteiger partial charge in [0.05, 0.1) is 34.6 Å². The molecule has 51 heavy (non-hydrogen) atoms. The van der Waals surface area contributed by atoms with Crippen molar-refractivity contribution in [1.82, 2.24) is 20.0 Å². The van der Waals surface area contributed by atoms with Crippen molar-refractivity contribution in [2.24, 2.45) is 11.8 Å². The fraction of sp³-hybridized carbons (Fsp3) is 0.441. The Hall–Kier alpha value is -5.00. The zero-order valence-corrected chi connectivity index (χ0v) is 30.0. The Bertz CT molecular complexity index is 1700. The molecule has 2 aromatic carbocycles. The van der Waals surface area contributed by atoms with Crippen LogP contribution < -0.4 is 10.6 Å². The van der Waals surface area contributed by atoms with Crippen LogP contribution >= 0.6 is 11.8 Å². The molecule has 0 aromatic heterocycles. The largest absolute Gasteiger partial charge is 0.478 e. The third kappa shape index (κ3) is 8.84. The van der Waals surface area contributed by atoms with Gasteiger partial charge in [0.25, 0.3) is 5.69 Å². The number of nitrogens with zero attached hydrogens (tertiary/aromatic N) is 4. The molecule has 3 aliphatic heterocycles. The van der Waals surface area contributed by atoms with Crippen LogP contribution in [0, 0.1) is 27.4 Å². The fourth-order valence-corrected chi connectivity index (χ4v) is 7.61. The lowest BCUT2D eigenvalue weighted by atomic mass is 9.79. The first-order valence-electron chi connectivity index (χ1n) is 16.1. The molecule has 0 bridgehead atoms. The second-order valence-corrected chi connectivity index (χ2v) is 14.2. The Morgan fingerprint density at radius 1 is 1.16 bits per heavy atom. The van der Waals surface area contributed by atoms with E-state index < -0.39 is 41.0 Å². The summed E-state index contributed by atoms with van der Waals surface area (Å²) in [5, 5.41) is 43.4. The second kappa shape index (κ2) is 16.3. The van der Waals surface area contributed by atoms with Gasteiger partial charge >= 0.3 is 11.9 Å². The van der Waals surface area contributed by atoms with Crippen molar-refractivity contribution in [1.29, 1.82) is 5.41 Å². The standard InChI is InChI=1S/C29H30N4O9S.C5H13N3/c1-14-23-22(15(2)34)27(36)32(23)24(29(39)42-13-16-6-8-19(9-7-16)33(40)41)25(14)43-20-11-21(30-12-20)26(35)31-18-5-3-4-17(10-18)28(37)38;1-7(2)5(6)8(3)4/h3-10,14-15,20-23,30,34H,11-13H2,1-2H3,(H,31,35)(H,37,38);6H,1-4H3/t14-,15-,20+,21+,22-,23-;/m1./s1. The number of aromatic carboxylic acids is 1. The van der Waals surface area contributed by atoms with Crippen LogP contribution in [0.2, 0.25) is 0 Å². The molecule has 0 spiro atoms. The predicted octanol–water partition coefficient (Wildman–Crippen LogP) is 2.55. The number of rotatable bonds is 10. The number of nitrogens with one attached hydrogen (secondary N) is 3. The highest BCUT2D eigenvalue weighted by molar-refractivity contribution is 8.03. The number of hydrogen-bond acceptors (Lipinski definition) is 11. The number of nitro benzene ring substituents is 1. The van der Waals surface area contributed by atoms with Gasteiger partial charge in [0.15, 0.2) is 5.96 Å². The summed E-state index contributed by atoms with van der Waals surface area (Å²) in [4.78, 5) is 66.6. The molecule has 6 atom stereocenters. The Morgan fingerprint density at radius 3 is 2.35 bits per heavy atom. The molecular formula is C34H43N7O9S. The summed E-state index contributed by atoms with van der Waals surface area (Å²) in [6, 6.07) is 10.6. The van der Waals surface area contributed by atoms with E-state index in [0.717, 1.165) is 0 Å². The number of ether oxygens (including phenoxy) is 1. The summed E-state index contributed by atoms with van der Waals surface area (Å²) in [6.45, 7) is 3.72. The van der Waals surface area contributed by atoms with Gasteiger partial charge in [-0.15, -0.1) is 11.8 Å². The quantitative estimate of drug-likeness (QED) is 0.0595. The molecule has 2 fully saturated rings. The van der Waals surface area contributed by atoms with Crippen molar-refractivity contribution >= 4 is 52.8 Å². The molecule has 0 saturated carbocycles. The third-order valence-corrected chi connectivity index (χ3v) is 10.3. The second-order valence-electron chi connectivity index (χ2n) is 12.9. The summed E-state index contributed by atoms with van der Waals surface area (Å²) < 4.78 is 5.55. The molecule has 2 aromatic rings. The van der Waals surface area contributed by atoms with Crippen molar-refractivity contribution in [3.8, 4) is 0 Å². The number of aliphatic hydroxyl groups is 1. The molecule has 2 saturated heterocycles. The number of fused-ring (bicyclic) bond motifs is 1. The van der Waals surface area contributed by atoms with Crippen LogP contribution in [-0.4, -0.2) is 118 Å². The number of anilines is 1. The summed E-state index contributed by atoms with van der Waals surface area (Å²) in [5.74, 6) is -2.92. The number of aliphatic hydroxyl groups excluding tert-OH is 1. The van der Waals surface area contributed by atoms with E-state index in [4.69, 9.17) is 10.1 Å². The molecule has 5 rings (SSSR count). The number of nitro groups is 1. The van der Waals surface area contributed by atoms with Crippen LogP contribution in [0.25, 0.3) is 0 Å². The number of carbonyl (C=O) groups excluding carboxylic acids is 3. The van der Waals surface area contributed by atoms with Gasteiger partial charge in [-0.05, 0) is 49.2 Å². The number of hydrogen-bond donors (Lipinski definition) is 5. The number of esters is 1. The lowest BCUT2D eigenvalue weighted by Gasteiger charge is -2.46. The van der Waals surface area contributed by atoms with Crippen molar-refractivity contribution in [2.75, 3.05) is 40.1 Å². The smallest absolute Gasteiger partial charge is 0.356 e. The van der Waals surface area contributed by atoms with Gasteiger partial charge < -0.3 is 40.3 Å². The number of carboxylic acids is 1. The Morgan fingerprint density at radius 2 is 1.80 bits per heavy atom. The minimum Gasteiger partial charge on any atom is -0.478 e. The highest BCUT2D eigenvalue weighted by Crippen LogP contribution is 2.52. The van der Waals surface area contributed by atoms with E-state index in [-0.39, 0.29) is 46.5 Å².